The molecule has 0 spiro atoms. The number of hydrogen-bond acceptors (Lipinski definition) is 6. The van der Waals surface area contributed by atoms with E-state index in [0.717, 1.165) is 17.9 Å². The van der Waals surface area contributed by atoms with E-state index in [1.165, 1.54) is 13.4 Å². The lowest BCUT2D eigenvalue weighted by Gasteiger charge is -2.11. The Morgan fingerprint density at radius 3 is 2.60 bits per heavy atom. The van der Waals surface area contributed by atoms with E-state index >= 15 is 0 Å². The summed E-state index contributed by atoms with van der Waals surface area (Å²) in [6.45, 7) is 2.78. The summed E-state index contributed by atoms with van der Waals surface area (Å²) < 4.78 is 10.6. The van der Waals surface area contributed by atoms with Crippen molar-refractivity contribution in [2.75, 3.05) is 24.8 Å². The molecule has 20 heavy (non-hydrogen) atoms. The molecule has 0 aliphatic heterocycles. The minimum absolute atomic E-state index is 0.352. The smallest absolute Gasteiger partial charge is 0.242 e. The van der Waals surface area contributed by atoms with Gasteiger partial charge in [0, 0.05) is 5.69 Å². The molecule has 3 N–H and O–H groups in total. The van der Waals surface area contributed by atoms with E-state index in [2.05, 4.69) is 22.2 Å². The van der Waals surface area contributed by atoms with Crippen molar-refractivity contribution in [2.45, 2.75) is 13.3 Å². The second-order valence-electron chi connectivity index (χ2n) is 4.14. The van der Waals surface area contributed by atoms with Crippen LogP contribution < -0.4 is 20.5 Å². The molecule has 6 heteroatoms. The Bertz CT molecular complexity index is 558. The minimum Gasteiger partial charge on any atom is -0.494 e. The molecule has 0 saturated carbocycles. The first-order valence-electron chi connectivity index (χ1n) is 6.39. The number of methoxy groups -OCH3 is 1. The number of nitrogens with two attached hydrogens (primary N) is 1. The number of ether oxygens (including phenoxy) is 2. The number of benzene rings is 1. The fourth-order valence-corrected chi connectivity index (χ4v) is 1.63. The highest BCUT2D eigenvalue weighted by molar-refractivity contribution is 5.72. The fraction of sp³-hybridized carbons (Fsp3) is 0.286. The van der Waals surface area contributed by atoms with Crippen LogP contribution in [0.2, 0.25) is 0 Å². The number of rotatable bonds is 6. The third-order valence-corrected chi connectivity index (χ3v) is 2.63. The van der Waals surface area contributed by atoms with Crippen molar-refractivity contribution < 1.29 is 9.47 Å². The molecule has 1 heterocycles. The van der Waals surface area contributed by atoms with Gasteiger partial charge in [-0.25, -0.2) is 4.98 Å². The van der Waals surface area contributed by atoms with Crippen LogP contribution in [0.5, 0.6) is 11.6 Å². The predicted molar refractivity (Wildman–Crippen MR) is 78.5 cm³/mol. The van der Waals surface area contributed by atoms with Gasteiger partial charge < -0.3 is 20.5 Å². The van der Waals surface area contributed by atoms with Crippen molar-refractivity contribution in [3.8, 4) is 11.6 Å². The summed E-state index contributed by atoms with van der Waals surface area (Å²) in [6, 6.07) is 7.59. The lowest BCUT2D eigenvalue weighted by Crippen LogP contribution is -2.03. The first kappa shape index (κ1) is 13.9. The minimum atomic E-state index is 0.352. The molecule has 0 atom stereocenters. The zero-order valence-corrected chi connectivity index (χ0v) is 11.6. The number of anilines is 3. The standard InChI is InChI=1S/C14H18N4O2/c1-3-8-20-11-6-4-10(5-7-11)18-13-12(15)14(19-2)17-9-16-13/h4-7,9H,3,8,15H2,1-2H3,(H,16,17,18). The summed E-state index contributed by atoms with van der Waals surface area (Å²) in [5.74, 6) is 1.70. The Balaban J connectivity index is 2.10. The summed E-state index contributed by atoms with van der Waals surface area (Å²) in [6.07, 6.45) is 2.38. The van der Waals surface area contributed by atoms with Crippen molar-refractivity contribution in [3.05, 3.63) is 30.6 Å². The zero-order chi connectivity index (χ0) is 14.4. The van der Waals surface area contributed by atoms with Crippen LogP contribution in [-0.2, 0) is 0 Å². The number of nitrogens with one attached hydrogen (secondary N) is 1. The van der Waals surface area contributed by atoms with E-state index < -0.39 is 0 Å². The quantitative estimate of drug-likeness (QED) is 0.842. The van der Waals surface area contributed by atoms with Crippen molar-refractivity contribution in [2.24, 2.45) is 0 Å². The van der Waals surface area contributed by atoms with Crippen molar-refractivity contribution in [3.63, 3.8) is 0 Å². The summed E-state index contributed by atoms with van der Waals surface area (Å²) in [5, 5.41) is 3.12. The molecule has 6 nitrogen and oxygen atoms in total. The molecule has 1 aromatic heterocycles. The van der Waals surface area contributed by atoms with Crippen LogP contribution in [0.25, 0.3) is 0 Å². The van der Waals surface area contributed by atoms with E-state index in [1.807, 2.05) is 24.3 Å². The molecule has 1 aromatic carbocycles. The summed E-state index contributed by atoms with van der Waals surface area (Å²) >= 11 is 0. The van der Waals surface area contributed by atoms with Gasteiger partial charge in [0.05, 0.1) is 13.7 Å². The third kappa shape index (κ3) is 3.28. The highest BCUT2D eigenvalue weighted by atomic mass is 16.5. The maximum absolute atomic E-state index is 5.90. The van der Waals surface area contributed by atoms with Crippen LogP contribution >= 0.6 is 0 Å². The lowest BCUT2D eigenvalue weighted by atomic mass is 10.3. The van der Waals surface area contributed by atoms with Crippen molar-refractivity contribution in [1.29, 1.82) is 0 Å². The highest BCUT2D eigenvalue weighted by Crippen LogP contribution is 2.27. The molecule has 0 amide bonds. The SMILES string of the molecule is CCCOc1ccc(Nc2ncnc(OC)c2N)cc1. The highest BCUT2D eigenvalue weighted by Gasteiger charge is 2.08. The van der Waals surface area contributed by atoms with Gasteiger partial charge in [0.15, 0.2) is 5.82 Å². The molecule has 106 valence electrons. The second-order valence-corrected chi connectivity index (χ2v) is 4.14. The van der Waals surface area contributed by atoms with Gasteiger partial charge >= 0.3 is 0 Å². The van der Waals surface area contributed by atoms with Crippen molar-refractivity contribution >= 4 is 17.2 Å². The average Bonchev–Trinajstić information content (AvgIpc) is 2.48. The summed E-state index contributed by atoms with van der Waals surface area (Å²) in [5.41, 5.74) is 7.14. The Hall–Kier alpha value is -2.50. The second kappa shape index (κ2) is 6.60. The van der Waals surface area contributed by atoms with Gasteiger partial charge in [0.1, 0.15) is 17.8 Å². The molecule has 2 aromatic rings. The van der Waals surface area contributed by atoms with Crippen LogP contribution in [0, 0.1) is 0 Å². The van der Waals surface area contributed by atoms with E-state index in [9.17, 15) is 0 Å². The molecule has 0 aliphatic carbocycles. The number of nitrogen functional groups attached to an aromatic ring is 1. The van der Waals surface area contributed by atoms with Crippen LogP contribution in [0.1, 0.15) is 13.3 Å². The van der Waals surface area contributed by atoms with Gasteiger partial charge in [-0.15, -0.1) is 0 Å². The van der Waals surface area contributed by atoms with Gasteiger partial charge in [-0.3, -0.25) is 0 Å². The topological polar surface area (TPSA) is 82.3 Å². The van der Waals surface area contributed by atoms with Crippen molar-refractivity contribution in [1.82, 2.24) is 9.97 Å². The fourth-order valence-electron chi connectivity index (χ4n) is 1.63. The van der Waals surface area contributed by atoms with Gasteiger partial charge in [0.25, 0.3) is 0 Å². The molecule has 0 radical (unpaired) electrons. The maximum atomic E-state index is 5.90. The van der Waals surface area contributed by atoms with E-state index in [-0.39, 0.29) is 0 Å². The molecule has 0 saturated heterocycles. The molecule has 0 fully saturated rings. The van der Waals surface area contributed by atoms with Crippen LogP contribution in [-0.4, -0.2) is 23.7 Å². The molecule has 0 bridgehead atoms. The number of hydrogen-bond donors (Lipinski definition) is 2. The monoisotopic (exact) mass is 274 g/mol. The third-order valence-electron chi connectivity index (χ3n) is 2.63. The van der Waals surface area contributed by atoms with Gasteiger partial charge in [-0.05, 0) is 30.7 Å². The lowest BCUT2D eigenvalue weighted by molar-refractivity contribution is 0.317. The van der Waals surface area contributed by atoms with Crippen LogP contribution in [0.15, 0.2) is 30.6 Å². The van der Waals surface area contributed by atoms with Crippen LogP contribution in [0.4, 0.5) is 17.2 Å². The Labute approximate surface area is 118 Å². The normalized spacial score (nSPS) is 10.1. The first-order chi connectivity index (χ1) is 9.74. The Morgan fingerprint density at radius 2 is 1.95 bits per heavy atom. The zero-order valence-electron chi connectivity index (χ0n) is 11.6. The largest absolute Gasteiger partial charge is 0.494 e. The number of aromatic nitrogens is 2. The van der Waals surface area contributed by atoms with Gasteiger partial charge in [-0.1, -0.05) is 6.92 Å². The van der Waals surface area contributed by atoms with Gasteiger partial charge in [-0.2, -0.15) is 4.98 Å². The van der Waals surface area contributed by atoms with Gasteiger partial charge in [0.2, 0.25) is 5.88 Å². The summed E-state index contributed by atoms with van der Waals surface area (Å²) in [4.78, 5) is 8.02. The molecule has 2 rings (SSSR count). The Kier molecular flexibility index (Phi) is 4.60. The van der Waals surface area contributed by atoms with E-state index in [1.54, 1.807) is 0 Å². The van der Waals surface area contributed by atoms with E-state index in [4.69, 9.17) is 15.2 Å². The summed E-state index contributed by atoms with van der Waals surface area (Å²) in [7, 11) is 1.52. The Morgan fingerprint density at radius 1 is 1.20 bits per heavy atom. The molecular weight excluding hydrogens is 256 g/mol. The number of nitrogens with zero attached hydrogens (tertiary/aromatic N) is 2. The molecule has 0 aliphatic rings. The maximum Gasteiger partial charge on any atom is 0.242 e. The molecule has 0 unspecified atom stereocenters. The predicted octanol–water partition coefficient (Wildman–Crippen LogP) is 2.60. The molecular formula is C14H18N4O2. The first-order valence-corrected chi connectivity index (χ1v) is 6.39. The van der Waals surface area contributed by atoms with E-state index in [0.29, 0.717) is 24.0 Å². The average molecular weight is 274 g/mol. The van der Waals surface area contributed by atoms with Crippen LogP contribution in [0.3, 0.4) is 0 Å².